The Labute approximate surface area is 265 Å². The van der Waals surface area contributed by atoms with E-state index in [0.717, 1.165) is 37.1 Å². The zero-order chi connectivity index (χ0) is 31.1. The molecule has 5 heterocycles. The van der Waals surface area contributed by atoms with E-state index in [1.54, 1.807) is 17.1 Å². The fraction of sp³-hybridized carbons (Fsp3) is 0.444. The number of carbonyl (C=O) groups excluding carboxylic acids is 2. The highest BCUT2D eigenvalue weighted by Crippen LogP contribution is 2.53. The maximum absolute atomic E-state index is 14.1. The molecule has 0 aliphatic carbocycles. The third-order valence-electron chi connectivity index (χ3n) is 10.3. The molecule has 0 radical (unpaired) electrons. The first-order chi connectivity index (χ1) is 21.9. The van der Waals surface area contributed by atoms with Gasteiger partial charge in [-0.05, 0) is 41.3 Å². The lowest BCUT2D eigenvalue weighted by Gasteiger charge is -2.69. The molecule has 1 spiro atoms. The number of hydrogen-bond acceptors (Lipinski definition) is 6. The summed E-state index contributed by atoms with van der Waals surface area (Å²) in [7, 11) is 3.48. The maximum atomic E-state index is 14.1. The van der Waals surface area contributed by atoms with Gasteiger partial charge in [0.1, 0.15) is 29.7 Å². The zero-order valence-electron chi connectivity index (χ0n) is 26.3. The fourth-order valence-corrected chi connectivity index (χ4v) is 8.17. The average Bonchev–Trinajstić information content (AvgIpc) is 3.13. The Balaban J connectivity index is 1.27. The van der Waals surface area contributed by atoms with E-state index in [-0.39, 0.29) is 42.7 Å². The van der Waals surface area contributed by atoms with Crippen molar-refractivity contribution in [3.05, 3.63) is 102 Å². The number of fused-ring (bicyclic) bond motifs is 2. The molecule has 3 bridgehead atoms. The van der Waals surface area contributed by atoms with Crippen LogP contribution in [0, 0.1) is 0 Å². The number of unbranched alkanes of at least 4 members (excludes halogenated alkanes) is 1. The quantitative estimate of drug-likeness (QED) is 0.500. The summed E-state index contributed by atoms with van der Waals surface area (Å²) < 4.78 is 11.9. The van der Waals surface area contributed by atoms with Crippen LogP contribution in [0.3, 0.4) is 0 Å². The minimum atomic E-state index is -0.443. The van der Waals surface area contributed by atoms with Crippen LogP contribution < -0.4 is 10.1 Å². The van der Waals surface area contributed by atoms with Gasteiger partial charge in [-0.25, -0.2) is 14.8 Å². The lowest BCUT2D eigenvalue weighted by Crippen LogP contribution is -2.88. The van der Waals surface area contributed by atoms with Gasteiger partial charge in [0.25, 0.3) is 0 Å². The highest BCUT2D eigenvalue weighted by atomic mass is 16.5. The molecule has 9 heteroatoms. The van der Waals surface area contributed by atoms with Crippen molar-refractivity contribution in [2.45, 2.75) is 68.6 Å². The van der Waals surface area contributed by atoms with Crippen molar-refractivity contribution in [1.29, 1.82) is 0 Å². The number of benzene rings is 2. The molecule has 7 rings (SSSR count). The second kappa shape index (κ2) is 12.1. The predicted molar refractivity (Wildman–Crippen MR) is 172 cm³/mol. The summed E-state index contributed by atoms with van der Waals surface area (Å²) in [6.07, 6.45) is 13.0. The van der Waals surface area contributed by atoms with E-state index in [1.165, 1.54) is 11.1 Å². The van der Waals surface area contributed by atoms with Crippen LogP contribution in [0.5, 0.6) is 5.75 Å². The van der Waals surface area contributed by atoms with Crippen LogP contribution in [0.1, 0.15) is 43.2 Å². The number of allylic oxidation sites excluding steroid dienone is 3. The van der Waals surface area contributed by atoms with Crippen LogP contribution in [0.2, 0.25) is 0 Å². The first kappa shape index (κ1) is 29.8. The topological polar surface area (TPSA) is 77.6 Å². The van der Waals surface area contributed by atoms with Crippen molar-refractivity contribution in [3.63, 3.8) is 0 Å². The number of hydrogen-bond donors (Lipinski definition) is 1. The number of urea groups is 1. The van der Waals surface area contributed by atoms with E-state index >= 15 is 0 Å². The van der Waals surface area contributed by atoms with E-state index in [1.807, 2.05) is 31.3 Å². The zero-order valence-corrected chi connectivity index (χ0v) is 26.3. The van der Waals surface area contributed by atoms with Crippen molar-refractivity contribution in [2.24, 2.45) is 0 Å². The number of nitrogens with zero attached hydrogens (tertiary/aromatic N) is 4. The van der Waals surface area contributed by atoms with E-state index in [9.17, 15) is 9.59 Å². The van der Waals surface area contributed by atoms with E-state index < -0.39 is 11.7 Å². The summed E-state index contributed by atoms with van der Waals surface area (Å²) in [6, 6.07) is 18.0. The van der Waals surface area contributed by atoms with Gasteiger partial charge in [0, 0.05) is 32.6 Å². The van der Waals surface area contributed by atoms with Crippen LogP contribution in [0.25, 0.3) is 0 Å². The molecule has 3 fully saturated rings. The summed E-state index contributed by atoms with van der Waals surface area (Å²) in [6.45, 7) is 4.02. The molecule has 1 N–H and O–H groups in total. The largest absolute Gasteiger partial charge is 0.497 e. The Hall–Kier alpha value is -3.92. The molecule has 0 aromatic heterocycles. The van der Waals surface area contributed by atoms with Crippen LogP contribution in [-0.4, -0.2) is 95.5 Å². The number of hydrazine groups is 1. The van der Waals surface area contributed by atoms with Gasteiger partial charge in [-0.3, -0.25) is 9.69 Å². The summed E-state index contributed by atoms with van der Waals surface area (Å²) in [5, 5.41) is 6.70. The number of likely N-dealkylation sites (N-methyl/N-ethyl adjacent to an activating group) is 1. The monoisotopic (exact) mass is 609 g/mol. The molecule has 0 saturated carbocycles. The van der Waals surface area contributed by atoms with Gasteiger partial charge in [0.05, 0.1) is 19.7 Å². The van der Waals surface area contributed by atoms with Crippen molar-refractivity contribution in [2.75, 3.05) is 33.8 Å². The normalized spacial score (nSPS) is 31.4. The third-order valence-corrected chi connectivity index (χ3v) is 10.3. The Morgan fingerprint density at radius 1 is 1.07 bits per heavy atom. The van der Waals surface area contributed by atoms with Crippen molar-refractivity contribution in [3.8, 4) is 5.75 Å². The van der Waals surface area contributed by atoms with Crippen molar-refractivity contribution < 1.29 is 19.1 Å². The first-order valence-corrected chi connectivity index (χ1v) is 16.2. The van der Waals surface area contributed by atoms with Gasteiger partial charge in [-0.2, -0.15) is 0 Å². The Bertz CT molecular complexity index is 1510. The molecule has 45 heavy (non-hydrogen) atoms. The molecular weight excluding hydrogens is 566 g/mol. The molecule has 2 aromatic carbocycles. The van der Waals surface area contributed by atoms with E-state index in [2.05, 4.69) is 82.8 Å². The van der Waals surface area contributed by atoms with Crippen LogP contribution in [0.4, 0.5) is 4.79 Å². The number of rotatable bonds is 7. The molecule has 3 amide bonds. The molecule has 2 aromatic rings. The minimum absolute atomic E-state index is 0.0614. The maximum Gasteiger partial charge on any atom is 0.334 e. The number of methoxy groups -OCH3 is 1. The van der Waals surface area contributed by atoms with Crippen LogP contribution in [0.15, 0.2) is 90.6 Å². The highest BCUT2D eigenvalue weighted by molar-refractivity contribution is 5.83. The Morgan fingerprint density at radius 3 is 2.62 bits per heavy atom. The van der Waals surface area contributed by atoms with Crippen molar-refractivity contribution in [1.82, 2.24) is 25.1 Å². The van der Waals surface area contributed by atoms with Gasteiger partial charge >= 0.3 is 6.03 Å². The van der Waals surface area contributed by atoms with Gasteiger partial charge < -0.3 is 19.7 Å². The van der Waals surface area contributed by atoms with Gasteiger partial charge in [-0.1, -0.05) is 86.5 Å². The summed E-state index contributed by atoms with van der Waals surface area (Å²) >= 11 is 0. The number of carbonyl (C=O) groups is 2. The second-order valence-corrected chi connectivity index (χ2v) is 12.8. The third kappa shape index (κ3) is 4.98. The molecule has 236 valence electrons. The summed E-state index contributed by atoms with van der Waals surface area (Å²) in [5.41, 5.74) is 3.04. The molecule has 6 atom stereocenters. The standard InChI is InChI=1S/C36H43N5O4/c1-4-5-14-30-36-31-15-10-9-13-27(20-32(36)45-31)29(26-11-7-6-8-12-26)22-39(36)23-33-40(30)34(42)24-38(2)41(33)35(43)37-21-25-16-18-28(44-3)19-17-25/h6-13,15-20,29-33H,4-5,14,21-24H2,1-3H3,(H,37,43)/b13-9?,15-10-/t29?,30-,31?,32?,33-,36?/m0/s1. The smallest absolute Gasteiger partial charge is 0.334 e. The molecule has 9 nitrogen and oxygen atoms in total. The SMILES string of the molecule is CCCC[C@@H]1N2C(=O)CN(C)N(C(=O)NCc3ccc(OC)cc3)[C@H]2CN2CC(c3ccccc3)C3=CC4OC(/C=C\C=C3)C412. The minimum Gasteiger partial charge on any atom is -0.497 e. The lowest BCUT2D eigenvalue weighted by molar-refractivity contribution is -0.285. The predicted octanol–water partition coefficient (Wildman–Crippen LogP) is 4.45. The van der Waals surface area contributed by atoms with Crippen LogP contribution in [-0.2, 0) is 16.1 Å². The number of nitrogens with one attached hydrogen (secondary N) is 1. The van der Waals surface area contributed by atoms with Gasteiger partial charge in [-0.15, -0.1) is 0 Å². The molecule has 4 unspecified atom stereocenters. The van der Waals surface area contributed by atoms with Gasteiger partial charge in [0.15, 0.2) is 0 Å². The van der Waals surface area contributed by atoms with Crippen LogP contribution >= 0.6 is 0 Å². The highest BCUT2D eigenvalue weighted by Gasteiger charge is 2.69. The number of piperazine rings is 1. The fourth-order valence-electron chi connectivity index (χ4n) is 8.17. The summed E-state index contributed by atoms with van der Waals surface area (Å²) in [5.74, 6) is 0.967. The van der Waals surface area contributed by atoms with E-state index in [4.69, 9.17) is 9.47 Å². The van der Waals surface area contributed by atoms with Crippen molar-refractivity contribution >= 4 is 11.9 Å². The molecule has 3 saturated heterocycles. The van der Waals surface area contributed by atoms with E-state index in [0.29, 0.717) is 13.1 Å². The Kier molecular flexibility index (Phi) is 8.02. The first-order valence-electron chi connectivity index (χ1n) is 16.2. The molecule has 5 aliphatic rings. The molecule has 5 aliphatic heterocycles. The number of amides is 3. The average molecular weight is 610 g/mol. The second-order valence-electron chi connectivity index (χ2n) is 12.8. The Morgan fingerprint density at radius 2 is 1.87 bits per heavy atom. The lowest BCUT2D eigenvalue weighted by atomic mass is 9.68. The molecular formula is C36H43N5O4. The number of ether oxygens (including phenoxy) is 2. The van der Waals surface area contributed by atoms with Gasteiger partial charge in [0.2, 0.25) is 5.91 Å². The summed E-state index contributed by atoms with van der Waals surface area (Å²) in [4.78, 5) is 32.7.